The van der Waals surface area contributed by atoms with Crippen LogP contribution in [0.3, 0.4) is 0 Å². The van der Waals surface area contributed by atoms with Gasteiger partial charge in [-0.3, -0.25) is 29.8 Å². The number of allylic oxidation sites excluding steroid dienone is 1. The van der Waals surface area contributed by atoms with Crippen molar-refractivity contribution < 1.29 is 34.0 Å². The highest BCUT2D eigenvalue weighted by molar-refractivity contribution is 5.99. The molecule has 0 saturated heterocycles. The maximum absolute atomic E-state index is 12.3. The fourth-order valence-corrected chi connectivity index (χ4v) is 2.60. The molecule has 0 heterocycles. The molecule has 0 bridgehead atoms. The van der Waals surface area contributed by atoms with Crippen LogP contribution in [0.1, 0.15) is 25.3 Å². The summed E-state index contributed by atoms with van der Waals surface area (Å²) >= 11 is 0. The SMILES string of the molecule is CCOC(=O)C(C(C)=O)C(C(=C(O)OC)[N+](=O)[O-])c1ccccc1[N+](=O)[O-]. The molecule has 0 spiro atoms. The molecule has 0 amide bonds. The minimum Gasteiger partial charge on any atom is -0.476 e. The van der Waals surface area contributed by atoms with Crippen molar-refractivity contribution in [2.24, 2.45) is 5.92 Å². The maximum Gasteiger partial charge on any atom is 0.354 e. The fourth-order valence-electron chi connectivity index (χ4n) is 2.60. The Morgan fingerprint density at radius 3 is 2.26 bits per heavy atom. The molecule has 11 nitrogen and oxygen atoms in total. The smallest absolute Gasteiger partial charge is 0.354 e. The monoisotopic (exact) mass is 382 g/mol. The summed E-state index contributed by atoms with van der Waals surface area (Å²) in [5.41, 5.74) is -1.95. The van der Waals surface area contributed by atoms with Crippen LogP contribution < -0.4 is 0 Å². The van der Waals surface area contributed by atoms with Crippen LogP contribution in [-0.4, -0.2) is 40.4 Å². The number of hydrogen-bond acceptors (Lipinski definition) is 9. The Kier molecular flexibility index (Phi) is 7.39. The Labute approximate surface area is 153 Å². The van der Waals surface area contributed by atoms with E-state index in [-0.39, 0.29) is 12.2 Å². The third-order valence-corrected chi connectivity index (χ3v) is 3.68. The van der Waals surface area contributed by atoms with Crippen LogP contribution in [0.2, 0.25) is 0 Å². The highest BCUT2D eigenvalue weighted by atomic mass is 16.6. The minimum atomic E-state index is -1.81. The minimum absolute atomic E-state index is 0.125. The van der Waals surface area contributed by atoms with E-state index in [1.165, 1.54) is 19.1 Å². The largest absolute Gasteiger partial charge is 0.476 e. The van der Waals surface area contributed by atoms with E-state index in [2.05, 4.69) is 4.74 Å². The summed E-state index contributed by atoms with van der Waals surface area (Å²) < 4.78 is 9.32. The summed E-state index contributed by atoms with van der Waals surface area (Å²) in [6, 6.07) is 4.88. The van der Waals surface area contributed by atoms with E-state index >= 15 is 0 Å². The molecule has 1 rings (SSSR count). The molecule has 0 aliphatic carbocycles. The molecule has 11 heteroatoms. The standard InChI is InChI=1S/C16H18N2O9/c1-4-27-15(20)12(9(2)19)13(14(18(24)25)16(21)26-3)10-7-5-6-8-11(10)17(22)23/h5-8,12-13,21H,4H2,1-3H3. The predicted octanol–water partition coefficient (Wildman–Crippen LogP) is 2.10. The fraction of sp³-hybridized carbons (Fsp3) is 0.375. The van der Waals surface area contributed by atoms with Crippen molar-refractivity contribution in [1.82, 2.24) is 0 Å². The van der Waals surface area contributed by atoms with Crippen molar-refractivity contribution in [2.45, 2.75) is 19.8 Å². The second-order valence-electron chi connectivity index (χ2n) is 5.29. The number of carbonyl (C=O) groups excluding carboxylic acids is 2. The first-order valence-corrected chi connectivity index (χ1v) is 7.69. The van der Waals surface area contributed by atoms with Gasteiger partial charge in [-0.05, 0) is 13.8 Å². The second-order valence-corrected chi connectivity index (χ2v) is 5.29. The van der Waals surface area contributed by atoms with Gasteiger partial charge in [0.25, 0.3) is 5.69 Å². The number of methoxy groups -OCH3 is 1. The van der Waals surface area contributed by atoms with Gasteiger partial charge < -0.3 is 14.6 Å². The number of benzene rings is 1. The van der Waals surface area contributed by atoms with E-state index in [9.17, 15) is 34.9 Å². The van der Waals surface area contributed by atoms with Crippen molar-refractivity contribution in [2.75, 3.05) is 13.7 Å². The van der Waals surface area contributed by atoms with Crippen molar-refractivity contribution in [3.05, 3.63) is 61.7 Å². The second kappa shape index (κ2) is 9.27. The zero-order valence-electron chi connectivity index (χ0n) is 14.8. The van der Waals surface area contributed by atoms with Crippen LogP contribution in [0.5, 0.6) is 0 Å². The number of nitro groups is 2. The molecule has 146 valence electrons. The molecule has 0 radical (unpaired) electrons. The zero-order chi connectivity index (χ0) is 20.7. The number of carbonyl (C=O) groups is 2. The number of aliphatic hydroxyl groups excluding tert-OH is 1. The van der Waals surface area contributed by atoms with E-state index in [4.69, 9.17) is 4.74 Å². The lowest BCUT2D eigenvalue weighted by Gasteiger charge is -2.22. The lowest BCUT2D eigenvalue weighted by atomic mass is 9.80. The van der Waals surface area contributed by atoms with Crippen molar-refractivity contribution in [1.29, 1.82) is 0 Å². The third-order valence-electron chi connectivity index (χ3n) is 3.68. The Morgan fingerprint density at radius 1 is 1.22 bits per heavy atom. The predicted molar refractivity (Wildman–Crippen MR) is 90.3 cm³/mol. The number of hydrogen-bond donors (Lipinski definition) is 1. The number of para-hydroxylation sites is 1. The molecule has 1 aromatic rings. The molecule has 0 aliphatic rings. The summed E-state index contributed by atoms with van der Waals surface area (Å²) in [6.07, 6.45) is 0. The van der Waals surface area contributed by atoms with Crippen LogP contribution in [0.25, 0.3) is 0 Å². The first-order valence-electron chi connectivity index (χ1n) is 7.69. The van der Waals surface area contributed by atoms with Crippen molar-refractivity contribution >= 4 is 17.4 Å². The molecular formula is C16H18N2O9. The number of aliphatic hydroxyl groups is 1. The number of rotatable bonds is 9. The van der Waals surface area contributed by atoms with Gasteiger partial charge in [-0.25, -0.2) is 0 Å². The third kappa shape index (κ3) is 4.77. The molecule has 1 aromatic carbocycles. The summed E-state index contributed by atoms with van der Waals surface area (Å²) in [6.45, 7) is 2.33. The van der Waals surface area contributed by atoms with Crippen LogP contribution in [0, 0.1) is 26.1 Å². The van der Waals surface area contributed by atoms with Gasteiger partial charge in [0, 0.05) is 11.6 Å². The number of nitrogens with zero attached hydrogens (tertiary/aromatic N) is 2. The van der Waals surface area contributed by atoms with Gasteiger partial charge in [-0.1, -0.05) is 18.2 Å². The van der Waals surface area contributed by atoms with E-state index in [0.717, 1.165) is 26.2 Å². The number of ketones is 1. The molecular weight excluding hydrogens is 364 g/mol. The molecule has 0 aromatic heterocycles. The number of Topliss-reactive ketones (excluding diaryl/α,β-unsaturated/α-hetero) is 1. The number of ether oxygens (including phenoxy) is 2. The van der Waals surface area contributed by atoms with Gasteiger partial charge >= 0.3 is 17.6 Å². The van der Waals surface area contributed by atoms with Gasteiger partial charge in [0.15, 0.2) is 0 Å². The first-order chi connectivity index (χ1) is 12.7. The van der Waals surface area contributed by atoms with Gasteiger partial charge in [-0.2, -0.15) is 0 Å². The molecule has 2 atom stereocenters. The van der Waals surface area contributed by atoms with E-state index in [1.807, 2.05) is 0 Å². The first kappa shape index (κ1) is 21.5. The quantitative estimate of drug-likeness (QED) is 0.222. The van der Waals surface area contributed by atoms with Gasteiger partial charge in [-0.15, -0.1) is 0 Å². The van der Waals surface area contributed by atoms with Crippen molar-refractivity contribution in [3.8, 4) is 0 Å². The highest BCUT2D eigenvalue weighted by Crippen LogP contribution is 2.39. The van der Waals surface area contributed by atoms with E-state index in [0.29, 0.717) is 0 Å². The maximum atomic E-state index is 12.3. The molecule has 2 unspecified atom stereocenters. The Morgan fingerprint density at radius 2 is 1.81 bits per heavy atom. The summed E-state index contributed by atoms with van der Waals surface area (Å²) in [5.74, 6) is -6.74. The molecule has 0 fully saturated rings. The summed E-state index contributed by atoms with van der Waals surface area (Å²) in [7, 11) is 0.933. The number of nitro benzene ring substituents is 1. The van der Waals surface area contributed by atoms with Gasteiger partial charge in [0.05, 0.1) is 23.6 Å². The average molecular weight is 382 g/mol. The van der Waals surface area contributed by atoms with Crippen molar-refractivity contribution in [3.63, 3.8) is 0 Å². The molecule has 0 aliphatic heterocycles. The highest BCUT2D eigenvalue weighted by Gasteiger charge is 2.47. The van der Waals surface area contributed by atoms with Gasteiger partial charge in [0.1, 0.15) is 17.6 Å². The van der Waals surface area contributed by atoms with Crippen LogP contribution in [-0.2, 0) is 19.1 Å². The lowest BCUT2D eigenvalue weighted by Crippen LogP contribution is -2.34. The van der Waals surface area contributed by atoms with Crippen LogP contribution in [0.15, 0.2) is 35.9 Å². The van der Waals surface area contributed by atoms with Crippen LogP contribution >= 0.6 is 0 Å². The molecule has 0 saturated carbocycles. The van der Waals surface area contributed by atoms with E-state index < -0.39 is 50.8 Å². The normalized spacial score (nSPS) is 13.7. The molecule has 1 N–H and O–H groups in total. The lowest BCUT2D eigenvalue weighted by molar-refractivity contribution is -0.437. The summed E-state index contributed by atoms with van der Waals surface area (Å²) in [5, 5.41) is 32.8. The zero-order valence-corrected chi connectivity index (χ0v) is 14.8. The Hall–Kier alpha value is -3.50. The Balaban J connectivity index is 3.88. The summed E-state index contributed by atoms with van der Waals surface area (Å²) in [4.78, 5) is 45.6. The van der Waals surface area contributed by atoms with Gasteiger partial charge in [0.2, 0.25) is 0 Å². The number of esters is 1. The van der Waals surface area contributed by atoms with E-state index in [1.54, 1.807) is 0 Å². The topological polar surface area (TPSA) is 159 Å². The molecule has 27 heavy (non-hydrogen) atoms. The Bertz CT molecular complexity index is 788. The average Bonchev–Trinajstić information content (AvgIpc) is 2.60. The van der Waals surface area contributed by atoms with Crippen LogP contribution in [0.4, 0.5) is 5.69 Å².